The smallest absolute Gasteiger partial charge is 0.338 e. The molecule has 1 aromatic heterocycles. The molecule has 7 nitrogen and oxygen atoms in total. The average Bonchev–Trinajstić information content (AvgIpc) is 3.20. The lowest BCUT2D eigenvalue weighted by molar-refractivity contribution is -0.136. The van der Waals surface area contributed by atoms with E-state index in [2.05, 4.69) is 0 Å². The number of ether oxygens (including phenoxy) is 1. The fraction of sp³-hybridized carbons (Fsp3) is 0.278. The van der Waals surface area contributed by atoms with Crippen LogP contribution >= 0.6 is 11.3 Å². The highest BCUT2D eigenvalue weighted by molar-refractivity contribution is 7.12. The number of esters is 1. The molecule has 1 aliphatic heterocycles. The van der Waals surface area contributed by atoms with E-state index in [1.54, 1.807) is 15.9 Å². The third-order valence-corrected chi connectivity index (χ3v) is 4.94. The number of phenols is 1. The first kappa shape index (κ1) is 17.9. The fourth-order valence-corrected chi connectivity index (χ4v) is 3.31. The fourth-order valence-electron chi connectivity index (χ4n) is 2.61. The summed E-state index contributed by atoms with van der Waals surface area (Å²) in [7, 11) is 0. The van der Waals surface area contributed by atoms with Crippen molar-refractivity contribution in [3.05, 3.63) is 52.2 Å². The second-order valence-electron chi connectivity index (χ2n) is 5.77. The van der Waals surface area contributed by atoms with Crippen molar-refractivity contribution in [3.8, 4) is 5.75 Å². The van der Waals surface area contributed by atoms with Gasteiger partial charge in [0, 0.05) is 26.2 Å². The molecule has 1 N–H and O–H groups in total. The van der Waals surface area contributed by atoms with Crippen molar-refractivity contribution in [1.29, 1.82) is 0 Å². The number of phenolic OH excluding ortho intramolecular Hbond substituents is 1. The Balaban J connectivity index is 1.45. The second-order valence-corrected chi connectivity index (χ2v) is 6.72. The number of carbonyl (C=O) groups excluding carboxylic acids is 3. The van der Waals surface area contributed by atoms with Crippen molar-refractivity contribution in [2.75, 3.05) is 32.8 Å². The minimum Gasteiger partial charge on any atom is -0.508 e. The first-order valence-electron chi connectivity index (χ1n) is 8.11. The van der Waals surface area contributed by atoms with Gasteiger partial charge >= 0.3 is 5.97 Å². The number of rotatable bonds is 4. The maximum atomic E-state index is 12.3. The minimum absolute atomic E-state index is 0.0224. The van der Waals surface area contributed by atoms with Gasteiger partial charge in [-0.2, -0.15) is 0 Å². The van der Waals surface area contributed by atoms with Gasteiger partial charge < -0.3 is 19.6 Å². The molecule has 0 radical (unpaired) electrons. The van der Waals surface area contributed by atoms with Gasteiger partial charge in [0.1, 0.15) is 5.75 Å². The van der Waals surface area contributed by atoms with Gasteiger partial charge in [-0.1, -0.05) is 6.07 Å². The van der Waals surface area contributed by atoms with Crippen LogP contribution in [-0.2, 0) is 9.53 Å². The Labute approximate surface area is 154 Å². The van der Waals surface area contributed by atoms with E-state index >= 15 is 0 Å². The summed E-state index contributed by atoms with van der Waals surface area (Å²) >= 11 is 1.40. The summed E-state index contributed by atoms with van der Waals surface area (Å²) in [6.07, 6.45) is 0. The molecule has 0 saturated carbocycles. The zero-order chi connectivity index (χ0) is 18.5. The molecular weight excluding hydrogens is 356 g/mol. The molecule has 8 heteroatoms. The number of hydrogen-bond donors (Lipinski definition) is 1. The second kappa shape index (κ2) is 8.01. The van der Waals surface area contributed by atoms with Gasteiger partial charge in [-0.15, -0.1) is 11.3 Å². The highest BCUT2D eigenvalue weighted by Crippen LogP contribution is 2.14. The van der Waals surface area contributed by atoms with E-state index in [-0.39, 0.29) is 29.7 Å². The molecular formula is C18H18N2O5S. The average molecular weight is 374 g/mol. The van der Waals surface area contributed by atoms with E-state index in [1.165, 1.54) is 35.6 Å². The Morgan fingerprint density at radius 2 is 1.65 bits per heavy atom. The van der Waals surface area contributed by atoms with Crippen molar-refractivity contribution in [2.45, 2.75) is 0 Å². The van der Waals surface area contributed by atoms with E-state index in [0.717, 1.165) is 0 Å². The Bertz CT molecular complexity index is 780. The first-order chi connectivity index (χ1) is 12.5. The number of hydrogen-bond acceptors (Lipinski definition) is 6. The molecule has 26 heavy (non-hydrogen) atoms. The van der Waals surface area contributed by atoms with Crippen LogP contribution in [0.25, 0.3) is 0 Å². The number of benzene rings is 1. The van der Waals surface area contributed by atoms with E-state index in [0.29, 0.717) is 31.1 Å². The SMILES string of the molecule is O=C(OCC(=O)N1CCN(C(=O)c2cccs2)CC1)c1ccc(O)cc1. The molecule has 0 atom stereocenters. The van der Waals surface area contributed by atoms with E-state index in [9.17, 15) is 19.5 Å². The van der Waals surface area contributed by atoms with Crippen molar-refractivity contribution < 1.29 is 24.2 Å². The van der Waals surface area contributed by atoms with E-state index in [4.69, 9.17) is 4.74 Å². The highest BCUT2D eigenvalue weighted by atomic mass is 32.1. The minimum atomic E-state index is -0.621. The Morgan fingerprint density at radius 1 is 1.00 bits per heavy atom. The number of aromatic hydroxyl groups is 1. The molecule has 0 bridgehead atoms. The summed E-state index contributed by atoms with van der Waals surface area (Å²) in [5, 5.41) is 11.1. The molecule has 1 fully saturated rings. The normalized spacial score (nSPS) is 14.2. The number of piperazine rings is 1. The maximum absolute atomic E-state index is 12.3. The summed E-state index contributed by atoms with van der Waals surface area (Å²) in [6.45, 7) is 1.38. The molecule has 2 amide bonds. The van der Waals surface area contributed by atoms with Crippen molar-refractivity contribution in [3.63, 3.8) is 0 Å². The van der Waals surface area contributed by atoms with Gasteiger partial charge in [-0.25, -0.2) is 4.79 Å². The monoisotopic (exact) mass is 374 g/mol. The van der Waals surface area contributed by atoms with Gasteiger partial charge in [0.15, 0.2) is 6.61 Å². The molecule has 1 saturated heterocycles. The highest BCUT2D eigenvalue weighted by Gasteiger charge is 2.25. The zero-order valence-corrected chi connectivity index (χ0v) is 14.8. The van der Waals surface area contributed by atoms with Crippen LogP contribution in [0.15, 0.2) is 41.8 Å². The largest absolute Gasteiger partial charge is 0.508 e. The predicted molar refractivity (Wildman–Crippen MR) is 95.2 cm³/mol. The number of carbonyl (C=O) groups is 3. The molecule has 1 aliphatic rings. The van der Waals surface area contributed by atoms with Gasteiger partial charge in [0.25, 0.3) is 11.8 Å². The molecule has 136 valence electrons. The molecule has 3 rings (SSSR count). The summed E-state index contributed by atoms with van der Waals surface area (Å²) < 4.78 is 5.03. The topological polar surface area (TPSA) is 87.2 Å². The predicted octanol–water partition coefficient (Wildman–Crippen LogP) is 1.60. The lowest BCUT2D eigenvalue weighted by Crippen LogP contribution is -2.51. The molecule has 2 aromatic rings. The lowest BCUT2D eigenvalue weighted by Gasteiger charge is -2.34. The zero-order valence-electron chi connectivity index (χ0n) is 14.0. The molecule has 2 heterocycles. The summed E-state index contributed by atoms with van der Waals surface area (Å²) in [5.74, 6) is -0.886. The summed E-state index contributed by atoms with van der Waals surface area (Å²) in [6, 6.07) is 9.23. The maximum Gasteiger partial charge on any atom is 0.338 e. The van der Waals surface area contributed by atoms with Crippen molar-refractivity contribution >= 4 is 29.1 Å². The van der Waals surface area contributed by atoms with Crippen LogP contribution in [0.5, 0.6) is 5.75 Å². The third-order valence-electron chi connectivity index (χ3n) is 4.08. The van der Waals surface area contributed by atoms with Crippen LogP contribution in [0.2, 0.25) is 0 Å². The van der Waals surface area contributed by atoms with Crippen LogP contribution in [0.4, 0.5) is 0 Å². The number of amides is 2. The van der Waals surface area contributed by atoms with Gasteiger partial charge in [-0.3, -0.25) is 9.59 Å². The first-order valence-corrected chi connectivity index (χ1v) is 8.99. The van der Waals surface area contributed by atoms with Gasteiger partial charge in [-0.05, 0) is 35.7 Å². The van der Waals surface area contributed by atoms with Crippen molar-refractivity contribution in [1.82, 2.24) is 9.80 Å². The van der Waals surface area contributed by atoms with Gasteiger partial charge in [0.2, 0.25) is 0 Å². The van der Waals surface area contributed by atoms with Crippen molar-refractivity contribution in [2.24, 2.45) is 0 Å². The molecule has 0 unspecified atom stereocenters. The molecule has 0 aliphatic carbocycles. The van der Waals surface area contributed by atoms with Gasteiger partial charge in [0.05, 0.1) is 10.4 Å². The quantitative estimate of drug-likeness (QED) is 0.822. The Morgan fingerprint density at radius 3 is 2.27 bits per heavy atom. The van der Waals surface area contributed by atoms with E-state index < -0.39 is 5.97 Å². The van der Waals surface area contributed by atoms with Crippen LogP contribution < -0.4 is 0 Å². The summed E-state index contributed by atoms with van der Waals surface area (Å²) in [5.41, 5.74) is 0.266. The Hall–Kier alpha value is -2.87. The van der Waals surface area contributed by atoms with Crippen LogP contribution in [0.3, 0.4) is 0 Å². The lowest BCUT2D eigenvalue weighted by atomic mass is 10.2. The summed E-state index contributed by atoms with van der Waals surface area (Å²) in [4.78, 5) is 40.4. The van der Waals surface area contributed by atoms with Crippen LogP contribution in [0, 0.1) is 0 Å². The molecule has 0 spiro atoms. The van der Waals surface area contributed by atoms with Crippen LogP contribution in [-0.4, -0.2) is 65.5 Å². The third kappa shape index (κ3) is 4.20. The standard InChI is InChI=1S/C18H18N2O5S/c21-14-5-3-13(4-6-14)18(24)25-12-16(22)19-7-9-20(10-8-19)17(23)15-2-1-11-26-15/h1-6,11,21H,7-10,12H2. The number of thiophene rings is 1. The molecule has 1 aromatic carbocycles. The van der Waals surface area contributed by atoms with Crippen LogP contribution in [0.1, 0.15) is 20.0 Å². The van der Waals surface area contributed by atoms with E-state index in [1.807, 2.05) is 11.4 Å². The Kier molecular flexibility index (Phi) is 5.52. The number of nitrogens with zero attached hydrogens (tertiary/aromatic N) is 2.